The van der Waals surface area contributed by atoms with Gasteiger partial charge in [-0.05, 0) is 118 Å². The molecule has 0 aromatic heterocycles. The zero-order chi connectivity index (χ0) is 35.2. The first-order valence-corrected chi connectivity index (χ1v) is 25.3. The number of carbonyl (C=O) groups is 2. The van der Waals surface area contributed by atoms with Gasteiger partial charge in [-0.2, -0.15) is 0 Å². The Labute approximate surface area is 315 Å². The summed E-state index contributed by atoms with van der Waals surface area (Å²) in [5.41, 5.74) is 4.27. The van der Waals surface area contributed by atoms with Crippen LogP contribution in [-0.2, 0) is 23.6 Å². The van der Waals surface area contributed by atoms with E-state index in [9.17, 15) is 9.59 Å². The van der Waals surface area contributed by atoms with Gasteiger partial charge >= 0.3 is 0 Å². The van der Waals surface area contributed by atoms with Gasteiger partial charge in [-0.15, -0.1) is 0 Å². The monoisotopic (exact) mass is 782 g/mol. The minimum atomic E-state index is -2.10. The second-order valence-corrected chi connectivity index (χ2v) is 25.5. The Balaban J connectivity index is 0.000000204. The predicted octanol–water partition coefficient (Wildman–Crippen LogP) is 12.8. The molecule has 4 fully saturated rings. The zero-order valence-electron chi connectivity index (χ0n) is 29.5. The van der Waals surface area contributed by atoms with E-state index in [2.05, 4.69) is 13.8 Å². The molecule has 0 aliphatic carbocycles. The summed E-state index contributed by atoms with van der Waals surface area (Å²) in [6.07, 6.45) is 18.1. The van der Waals surface area contributed by atoms with Crippen molar-refractivity contribution in [2.24, 2.45) is 0 Å². The minimum absolute atomic E-state index is 0.0949. The lowest BCUT2D eigenvalue weighted by Gasteiger charge is -2.44. The lowest BCUT2D eigenvalue weighted by Crippen LogP contribution is -2.32. The third kappa shape index (κ3) is 8.41. The van der Waals surface area contributed by atoms with Gasteiger partial charge in [0.2, 0.25) is 0 Å². The molecule has 2 aromatic carbocycles. The van der Waals surface area contributed by atoms with Crippen molar-refractivity contribution in [3.8, 4) is 11.5 Å². The summed E-state index contributed by atoms with van der Waals surface area (Å²) in [6.45, 7) is 7.65. The first-order valence-electron chi connectivity index (χ1n) is 18.7. The van der Waals surface area contributed by atoms with Gasteiger partial charge in [-0.25, -0.2) is 0 Å². The molecule has 4 nitrogen and oxygen atoms in total. The molecule has 4 heterocycles. The largest absolute Gasteiger partial charge is 0.493 e. The maximum atomic E-state index is 14.0. The van der Waals surface area contributed by atoms with Crippen molar-refractivity contribution in [1.29, 1.82) is 0 Å². The molecule has 6 rings (SSSR count). The van der Waals surface area contributed by atoms with E-state index < -0.39 is 12.1 Å². The Morgan fingerprint density at radius 2 is 1.14 bits per heavy atom. The SMILES string of the molecule is CCCCOc1cc(C)c(C(=O)P2(=S)C3CCCCC2CC3)c(OCCCC)c1.O=C(c1c(Cl)cccc1Cl)P1(=S)C2CCCC1CCC2. The lowest BCUT2D eigenvalue weighted by molar-refractivity contribution is 0.106. The molecule has 4 saturated heterocycles. The number of rotatable bonds is 12. The summed E-state index contributed by atoms with van der Waals surface area (Å²) >= 11 is 24.8. The van der Waals surface area contributed by atoms with Crippen LogP contribution in [0.5, 0.6) is 11.5 Å². The Kier molecular flexibility index (Phi) is 14.4. The summed E-state index contributed by atoms with van der Waals surface area (Å²) in [6, 6.07) is 5.03. The molecule has 2 unspecified atom stereocenters. The van der Waals surface area contributed by atoms with E-state index >= 15 is 0 Å². The molecule has 0 amide bonds. The number of hydrogen-bond donors (Lipinski definition) is 0. The highest BCUT2D eigenvalue weighted by Crippen LogP contribution is 2.70. The first-order chi connectivity index (χ1) is 23.6. The smallest absolute Gasteiger partial charge is 0.198 e. The van der Waals surface area contributed by atoms with Crippen LogP contribution in [0, 0.1) is 6.92 Å². The minimum Gasteiger partial charge on any atom is -0.493 e. The standard InChI is InChI=1S/C24H37O3PS.C15H17Cl2OPS/c1-4-6-14-26-19-16-18(3)23(22(17-19)27-15-7-5-2)24(25)28(29)20-10-8-9-11-21(28)13-12-20;16-12-8-3-9-13(17)14(12)15(18)19(20)10-4-1-5-11(19)7-2-6-10/h16-17,20-21H,4-15H2,1-3H3;3,8-11H,1-2,4-7H2. The van der Waals surface area contributed by atoms with E-state index in [1.165, 1.54) is 25.7 Å². The second kappa shape index (κ2) is 17.9. The van der Waals surface area contributed by atoms with Gasteiger partial charge in [0, 0.05) is 18.1 Å². The van der Waals surface area contributed by atoms with Crippen molar-refractivity contribution >= 4 is 69.9 Å². The van der Waals surface area contributed by atoms with Gasteiger partial charge < -0.3 is 9.47 Å². The number of ether oxygens (including phenoxy) is 2. The Bertz CT molecular complexity index is 1530. The zero-order valence-corrected chi connectivity index (χ0v) is 34.5. The van der Waals surface area contributed by atoms with Crippen LogP contribution in [-0.4, -0.2) is 46.9 Å². The van der Waals surface area contributed by atoms with E-state index in [4.69, 9.17) is 56.3 Å². The molecule has 270 valence electrons. The Morgan fingerprint density at radius 1 is 0.694 bits per heavy atom. The van der Waals surface area contributed by atoms with Crippen LogP contribution >= 0.6 is 35.3 Å². The van der Waals surface area contributed by atoms with Gasteiger partial charge in [-0.1, -0.05) is 105 Å². The Morgan fingerprint density at radius 3 is 1.65 bits per heavy atom. The number of fused-ring (bicyclic) bond motifs is 4. The fourth-order valence-corrected chi connectivity index (χ4v) is 20.6. The van der Waals surface area contributed by atoms with Gasteiger partial charge in [0.1, 0.15) is 11.5 Å². The van der Waals surface area contributed by atoms with Crippen LogP contribution in [0.4, 0.5) is 0 Å². The normalized spacial score (nSPS) is 28.9. The summed E-state index contributed by atoms with van der Waals surface area (Å²) in [5, 5.41) is 0.908. The van der Waals surface area contributed by atoms with E-state index in [-0.39, 0.29) is 11.0 Å². The summed E-state index contributed by atoms with van der Waals surface area (Å²) < 4.78 is 12.1. The maximum absolute atomic E-state index is 14.0. The number of halogens is 2. The first kappa shape index (κ1) is 39.5. The van der Waals surface area contributed by atoms with E-state index in [1.54, 1.807) is 18.2 Å². The number of hydrogen-bond acceptors (Lipinski definition) is 6. The van der Waals surface area contributed by atoms with Gasteiger partial charge in [0.25, 0.3) is 0 Å². The molecule has 10 heteroatoms. The molecule has 0 spiro atoms. The molecular weight excluding hydrogens is 729 g/mol. The molecule has 49 heavy (non-hydrogen) atoms. The number of carbonyl (C=O) groups excluding carboxylic acids is 2. The molecule has 2 atom stereocenters. The van der Waals surface area contributed by atoms with Gasteiger partial charge in [-0.3, -0.25) is 9.59 Å². The summed E-state index contributed by atoms with van der Waals surface area (Å²) in [5.74, 6) is 1.50. The van der Waals surface area contributed by atoms with Crippen LogP contribution < -0.4 is 9.47 Å². The second-order valence-electron chi connectivity index (χ2n) is 14.5. The lowest BCUT2D eigenvalue weighted by atomic mass is 9.99. The molecule has 2 aromatic rings. The highest BCUT2D eigenvalue weighted by atomic mass is 35.5. The van der Waals surface area contributed by atoms with Gasteiger partial charge in [0.05, 0.1) is 34.4 Å². The van der Waals surface area contributed by atoms with Crippen molar-refractivity contribution in [2.75, 3.05) is 13.2 Å². The van der Waals surface area contributed by atoms with Gasteiger partial charge in [0.15, 0.2) is 11.0 Å². The Hall–Kier alpha value is -0.740. The van der Waals surface area contributed by atoms with Crippen LogP contribution in [0.3, 0.4) is 0 Å². The van der Waals surface area contributed by atoms with Crippen LogP contribution in [0.15, 0.2) is 30.3 Å². The van der Waals surface area contributed by atoms with Crippen LogP contribution in [0.25, 0.3) is 0 Å². The molecule has 0 radical (unpaired) electrons. The molecule has 0 N–H and O–H groups in total. The number of benzene rings is 2. The fourth-order valence-electron chi connectivity index (χ4n) is 8.60. The van der Waals surface area contributed by atoms with Crippen molar-refractivity contribution < 1.29 is 19.1 Å². The highest BCUT2D eigenvalue weighted by Gasteiger charge is 2.49. The highest BCUT2D eigenvalue weighted by molar-refractivity contribution is 8.24. The third-order valence-electron chi connectivity index (χ3n) is 11.3. The molecule has 4 aliphatic rings. The average molecular weight is 784 g/mol. The van der Waals surface area contributed by atoms with Crippen molar-refractivity contribution in [1.82, 2.24) is 0 Å². The molecule has 4 aliphatic heterocycles. The quantitative estimate of drug-likeness (QED) is 0.158. The third-order valence-corrected chi connectivity index (χ3v) is 24.6. The predicted molar refractivity (Wildman–Crippen MR) is 216 cm³/mol. The van der Waals surface area contributed by atoms with E-state index in [1.807, 2.05) is 19.1 Å². The van der Waals surface area contributed by atoms with Crippen molar-refractivity contribution in [3.05, 3.63) is 57.1 Å². The molecule has 4 bridgehead atoms. The maximum Gasteiger partial charge on any atom is 0.198 e. The molecular formula is C39H54Cl2O4P2S2. The number of unbranched alkanes of at least 4 members (excludes halogenated alkanes) is 2. The van der Waals surface area contributed by atoms with Crippen molar-refractivity contribution in [3.63, 3.8) is 0 Å². The van der Waals surface area contributed by atoms with E-state index in [0.29, 0.717) is 57.2 Å². The topological polar surface area (TPSA) is 52.6 Å². The van der Waals surface area contributed by atoms with Crippen LogP contribution in [0.2, 0.25) is 10.0 Å². The number of aryl methyl sites for hydroxylation is 1. The van der Waals surface area contributed by atoms with Crippen molar-refractivity contribution in [2.45, 2.75) is 146 Å². The van der Waals surface area contributed by atoms with Crippen LogP contribution in [0.1, 0.15) is 143 Å². The van der Waals surface area contributed by atoms with E-state index in [0.717, 1.165) is 93.9 Å². The fraction of sp³-hybridized carbons (Fsp3) is 0.641. The summed E-state index contributed by atoms with van der Waals surface area (Å²) in [7, 11) is 0. The molecule has 0 saturated carbocycles. The summed E-state index contributed by atoms with van der Waals surface area (Å²) in [4.78, 5) is 27.2. The average Bonchev–Trinajstić information content (AvgIpc) is 3.27.